The summed E-state index contributed by atoms with van der Waals surface area (Å²) in [5, 5.41) is 6.74. The Balaban J connectivity index is 1.53. The molecule has 2 N–H and O–H groups in total. The molecule has 0 aliphatic carbocycles. The van der Waals surface area contributed by atoms with Crippen LogP contribution < -0.4 is 15.4 Å². The van der Waals surface area contributed by atoms with Gasteiger partial charge >= 0.3 is 0 Å². The molecule has 0 saturated heterocycles. The standard InChI is InChI=1S/C22H22N6O/c1-14(2)15-3-5-17(6-4-15)26-20-21-24-7-9-28(21)13-19(27-20)16-11-18-22(25-12-16)29-10-8-23-18/h3-7,9,11-14,23H,8,10H2,1-2H3,(H,26,27). The third-order valence-electron chi connectivity index (χ3n) is 5.02. The van der Waals surface area contributed by atoms with Gasteiger partial charge in [-0.3, -0.25) is 0 Å². The van der Waals surface area contributed by atoms with E-state index < -0.39 is 0 Å². The zero-order chi connectivity index (χ0) is 19.8. The first-order valence-electron chi connectivity index (χ1n) is 9.75. The van der Waals surface area contributed by atoms with E-state index in [4.69, 9.17) is 9.72 Å². The van der Waals surface area contributed by atoms with Crippen molar-refractivity contribution >= 4 is 22.8 Å². The van der Waals surface area contributed by atoms with Crippen LogP contribution in [0.1, 0.15) is 25.3 Å². The number of imidazole rings is 1. The number of nitrogens with zero attached hydrogens (tertiary/aromatic N) is 4. The van der Waals surface area contributed by atoms with Crippen LogP contribution in [0.25, 0.3) is 16.9 Å². The fraction of sp³-hybridized carbons (Fsp3) is 0.227. The van der Waals surface area contributed by atoms with Crippen molar-refractivity contribution in [1.29, 1.82) is 0 Å². The van der Waals surface area contributed by atoms with Crippen LogP contribution in [0.2, 0.25) is 0 Å². The Morgan fingerprint density at radius 3 is 2.86 bits per heavy atom. The molecule has 0 atom stereocenters. The highest BCUT2D eigenvalue weighted by Crippen LogP contribution is 2.31. The van der Waals surface area contributed by atoms with Crippen LogP contribution in [-0.4, -0.2) is 32.5 Å². The summed E-state index contributed by atoms with van der Waals surface area (Å²) < 4.78 is 7.55. The molecule has 0 fully saturated rings. The molecular formula is C22H22N6O. The third-order valence-corrected chi connectivity index (χ3v) is 5.02. The van der Waals surface area contributed by atoms with Crippen molar-refractivity contribution in [3.05, 3.63) is 60.7 Å². The number of benzene rings is 1. The topological polar surface area (TPSA) is 76.4 Å². The van der Waals surface area contributed by atoms with Crippen molar-refractivity contribution in [3.63, 3.8) is 0 Å². The lowest BCUT2D eigenvalue weighted by atomic mass is 10.0. The van der Waals surface area contributed by atoms with E-state index in [1.165, 1.54) is 5.56 Å². The molecule has 0 saturated carbocycles. The molecule has 0 radical (unpaired) electrons. The quantitative estimate of drug-likeness (QED) is 0.539. The average molecular weight is 386 g/mol. The minimum absolute atomic E-state index is 0.499. The predicted molar refractivity (Wildman–Crippen MR) is 114 cm³/mol. The van der Waals surface area contributed by atoms with Gasteiger partial charge in [0.15, 0.2) is 11.5 Å². The van der Waals surface area contributed by atoms with Gasteiger partial charge in [0.25, 0.3) is 0 Å². The van der Waals surface area contributed by atoms with Crippen molar-refractivity contribution in [2.75, 3.05) is 23.8 Å². The molecule has 5 rings (SSSR count). The van der Waals surface area contributed by atoms with Crippen molar-refractivity contribution in [1.82, 2.24) is 19.4 Å². The molecule has 7 heteroatoms. The summed E-state index contributed by atoms with van der Waals surface area (Å²) in [7, 11) is 0. The molecule has 3 aromatic heterocycles. The first-order chi connectivity index (χ1) is 14.2. The second-order valence-electron chi connectivity index (χ2n) is 7.39. The normalized spacial score (nSPS) is 13.1. The smallest absolute Gasteiger partial charge is 0.237 e. The van der Waals surface area contributed by atoms with Crippen LogP contribution in [-0.2, 0) is 0 Å². The molecule has 4 heterocycles. The molecule has 146 valence electrons. The Bertz CT molecular complexity index is 1170. The van der Waals surface area contributed by atoms with Crippen LogP contribution in [0.5, 0.6) is 5.88 Å². The molecule has 7 nitrogen and oxygen atoms in total. The van der Waals surface area contributed by atoms with E-state index in [9.17, 15) is 0 Å². The highest BCUT2D eigenvalue weighted by atomic mass is 16.5. The number of anilines is 3. The van der Waals surface area contributed by atoms with Gasteiger partial charge in [0.05, 0.1) is 11.4 Å². The van der Waals surface area contributed by atoms with Crippen molar-refractivity contribution in [2.45, 2.75) is 19.8 Å². The minimum Gasteiger partial charge on any atom is -0.474 e. The first kappa shape index (κ1) is 17.5. The van der Waals surface area contributed by atoms with Crippen molar-refractivity contribution < 1.29 is 4.74 Å². The van der Waals surface area contributed by atoms with Gasteiger partial charge in [0, 0.05) is 42.6 Å². The maximum Gasteiger partial charge on any atom is 0.237 e. The summed E-state index contributed by atoms with van der Waals surface area (Å²) in [6.45, 7) is 5.77. The van der Waals surface area contributed by atoms with E-state index in [1.54, 1.807) is 12.4 Å². The van der Waals surface area contributed by atoms with Crippen molar-refractivity contribution in [3.8, 4) is 17.1 Å². The van der Waals surface area contributed by atoms with E-state index >= 15 is 0 Å². The molecule has 1 aliphatic rings. The lowest BCUT2D eigenvalue weighted by Crippen LogP contribution is -2.18. The third kappa shape index (κ3) is 3.35. The molecule has 0 bridgehead atoms. The summed E-state index contributed by atoms with van der Waals surface area (Å²) in [5.41, 5.74) is 5.66. The molecular weight excluding hydrogens is 364 g/mol. The van der Waals surface area contributed by atoms with E-state index in [0.717, 1.165) is 34.8 Å². The Labute approximate surface area is 168 Å². The monoisotopic (exact) mass is 386 g/mol. The van der Waals surface area contributed by atoms with E-state index in [0.29, 0.717) is 24.2 Å². The van der Waals surface area contributed by atoms with Gasteiger partial charge in [-0.05, 0) is 29.7 Å². The summed E-state index contributed by atoms with van der Waals surface area (Å²) >= 11 is 0. The number of ether oxygens (including phenoxy) is 1. The van der Waals surface area contributed by atoms with Gasteiger partial charge in [-0.2, -0.15) is 0 Å². The van der Waals surface area contributed by atoms with Gasteiger partial charge in [-0.1, -0.05) is 26.0 Å². The van der Waals surface area contributed by atoms with Crippen LogP contribution >= 0.6 is 0 Å². The number of pyridine rings is 1. The Hall–Kier alpha value is -3.61. The molecule has 0 spiro atoms. The number of hydrogen-bond acceptors (Lipinski definition) is 6. The number of hydrogen-bond donors (Lipinski definition) is 2. The highest BCUT2D eigenvalue weighted by Gasteiger charge is 2.15. The summed E-state index contributed by atoms with van der Waals surface area (Å²) in [4.78, 5) is 13.7. The van der Waals surface area contributed by atoms with Gasteiger partial charge in [-0.25, -0.2) is 15.0 Å². The molecule has 0 amide bonds. The minimum atomic E-state index is 0.499. The maximum atomic E-state index is 5.58. The second-order valence-corrected chi connectivity index (χ2v) is 7.39. The predicted octanol–water partition coefficient (Wildman–Crippen LogP) is 4.46. The lowest BCUT2D eigenvalue weighted by molar-refractivity contribution is 0.310. The van der Waals surface area contributed by atoms with Crippen LogP contribution in [0.3, 0.4) is 0 Å². The number of nitrogens with one attached hydrogen (secondary N) is 2. The molecule has 0 unspecified atom stereocenters. The van der Waals surface area contributed by atoms with Gasteiger partial charge in [0.1, 0.15) is 6.61 Å². The highest BCUT2D eigenvalue weighted by molar-refractivity contribution is 5.75. The Morgan fingerprint density at radius 1 is 1.17 bits per heavy atom. The van der Waals surface area contributed by atoms with Crippen LogP contribution in [0.15, 0.2) is 55.1 Å². The maximum absolute atomic E-state index is 5.58. The van der Waals surface area contributed by atoms with Crippen molar-refractivity contribution in [2.24, 2.45) is 0 Å². The zero-order valence-corrected chi connectivity index (χ0v) is 16.4. The first-order valence-corrected chi connectivity index (χ1v) is 9.75. The van der Waals surface area contributed by atoms with E-state index in [-0.39, 0.29) is 0 Å². The fourth-order valence-electron chi connectivity index (χ4n) is 3.41. The Kier molecular flexibility index (Phi) is 4.27. The molecule has 29 heavy (non-hydrogen) atoms. The Morgan fingerprint density at radius 2 is 2.03 bits per heavy atom. The van der Waals surface area contributed by atoms with Gasteiger partial charge < -0.3 is 19.8 Å². The molecule has 1 aliphatic heterocycles. The van der Waals surface area contributed by atoms with Gasteiger partial charge in [0.2, 0.25) is 5.88 Å². The number of rotatable bonds is 4. The number of fused-ring (bicyclic) bond motifs is 2. The number of aromatic nitrogens is 4. The van der Waals surface area contributed by atoms with Crippen LogP contribution in [0.4, 0.5) is 17.2 Å². The molecule has 4 aromatic rings. The summed E-state index contributed by atoms with van der Waals surface area (Å²) in [5.74, 6) is 1.83. The SMILES string of the molecule is CC(C)c1ccc(Nc2nc(-c3cnc4c(c3)NCCO4)cn3ccnc23)cc1. The summed E-state index contributed by atoms with van der Waals surface area (Å²) in [6, 6.07) is 10.4. The van der Waals surface area contributed by atoms with E-state index in [2.05, 4.69) is 58.7 Å². The second kappa shape index (κ2) is 7.09. The molecule has 1 aromatic carbocycles. The van der Waals surface area contributed by atoms with E-state index in [1.807, 2.05) is 22.9 Å². The summed E-state index contributed by atoms with van der Waals surface area (Å²) in [6.07, 6.45) is 7.44. The lowest BCUT2D eigenvalue weighted by Gasteiger charge is -2.18. The van der Waals surface area contributed by atoms with Crippen LogP contribution in [0, 0.1) is 0 Å². The largest absolute Gasteiger partial charge is 0.474 e. The fourth-order valence-corrected chi connectivity index (χ4v) is 3.41. The average Bonchev–Trinajstić information content (AvgIpc) is 3.23. The zero-order valence-electron chi connectivity index (χ0n) is 16.4. The van der Waals surface area contributed by atoms with Gasteiger partial charge in [-0.15, -0.1) is 0 Å².